The number of amides is 1. The fourth-order valence-corrected chi connectivity index (χ4v) is 1.81. The SMILES string of the molecule is O=C1Cc2cc(NCCCS)ccc2N1. The number of fused-ring (bicyclic) bond motifs is 1. The zero-order valence-electron chi connectivity index (χ0n) is 8.42. The van der Waals surface area contributed by atoms with Crippen LogP contribution in [0.5, 0.6) is 0 Å². The van der Waals surface area contributed by atoms with Crippen molar-refractivity contribution in [2.45, 2.75) is 12.8 Å². The van der Waals surface area contributed by atoms with E-state index in [1.54, 1.807) is 0 Å². The van der Waals surface area contributed by atoms with Gasteiger partial charge in [-0.1, -0.05) is 0 Å². The van der Waals surface area contributed by atoms with Gasteiger partial charge in [-0.05, 0) is 35.9 Å². The normalized spacial score (nSPS) is 13.5. The summed E-state index contributed by atoms with van der Waals surface area (Å²) in [5.74, 6) is 0.968. The van der Waals surface area contributed by atoms with Crippen LogP contribution >= 0.6 is 12.6 Å². The Labute approximate surface area is 94.7 Å². The molecule has 80 valence electrons. The highest BCUT2D eigenvalue weighted by Gasteiger charge is 2.16. The van der Waals surface area contributed by atoms with Gasteiger partial charge < -0.3 is 10.6 Å². The molecule has 0 bridgehead atoms. The van der Waals surface area contributed by atoms with E-state index in [9.17, 15) is 4.79 Å². The summed E-state index contributed by atoms with van der Waals surface area (Å²) in [4.78, 5) is 11.1. The highest BCUT2D eigenvalue weighted by molar-refractivity contribution is 7.80. The molecule has 0 aromatic heterocycles. The van der Waals surface area contributed by atoms with Crippen molar-refractivity contribution in [3.63, 3.8) is 0 Å². The van der Waals surface area contributed by atoms with Crippen LogP contribution in [0.2, 0.25) is 0 Å². The van der Waals surface area contributed by atoms with Crippen LogP contribution in [-0.2, 0) is 11.2 Å². The molecule has 0 atom stereocenters. The first-order valence-corrected chi connectivity index (χ1v) is 5.70. The number of rotatable bonds is 4. The summed E-state index contributed by atoms with van der Waals surface area (Å²) >= 11 is 4.15. The predicted molar refractivity (Wildman–Crippen MR) is 65.7 cm³/mol. The third kappa shape index (κ3) is 2.45. The first kappa shape index (κ1) is 10.4. The quantitative estimate of drug-likeness (QED) is 0.538. The molecular formula is C11H14N2OS. The number of thiol groups is 1. The molecule has 0 unspecified atom stereocenters. The Hall–Kier alpha value is -1.16. The molecule has 0 spiro atoms. The first-order valence-electron chi connectivity index (χ1n) is 5.07. The van der Waals surface area contributed by atoms with Gasteiger partial charge in [-0.15, -0.1) is 0 Å². The molecule has 1 amide bonds. The number of benzene rings is 1. The Morgan fingerprint density at radius 2 is 2.33 bits per heavy atom. The lowest BCUT2D eigenvalue weighted by molar-refractivity contribution is -0.115. The van der Waals surface area contributed by atoms with Crippen LogP contribution in [0.4, 0.5) is 11.4 Å². The topological polar surface area (TPSA) is 41.1 Å². The second-order valence-electron chi connectivity index (χ2n) is 3.60. The number of carbonyl (C=O) groups excluding carboxylic acids is 1. The van der Waals surface area contributed by atoms with E-state index in [4.69, 9.17) is 0 Å². The Morgan fingerprint density at radius 3 is 3.13 bits per heavy atom. The molecule has 1 heterocycles. The number of hydrogen-bond donors (Lipinski definition) is 3. The van der Waals surface area contributed by atoms with Crippen LogP contribution in [0, 0.1) is 0 Å². The molecule has 1 aliphatic rings. The van der Waals surface area contributed by atoms with E-state index >= 15 is 0 Å². The van der Waals surface area contributed by atoms with Crippen LogP contribution in [0.3, 0.4) is 0 Å². The summed E-state index contributed by atoms with van der Waals surface area (Å²) < 4.78 is 0. The number of hydrogen-bond acceptors (Lipinski definition) is 3. The zero-order valence-corrected chi connectivity index (χ0v) is 9.31. The molecule has 1 aromatic rings. The van der Waals surface area contributed by atoms with Crippen molar-refractivity contribution in [2.24, 2.45) is 0 Å². The van der Waals surface area contributed by atoms with Crippen molar-refractivity contribution < 1.29 is 4.79 Å². The first-order chi connectivity index (χ1) is 7.29. The van der Waals surface area contributed by atoms with Gasteiger partial charge in [0.05, 0.1) is 6.42 Å². The Balaban J connectivity index is 2.03. The van der Waals surface area contributed by atoms with Gasteiger partial charge in [0.2, 0.25) is 5.91 Å². The summed E-state index contributed by atoms with van der Waals surface area (Å²) in [5.41, 5.74) is 3.10. The van der Waals surface area contributed by atoms with Crippen LogP contribution in [0.25, 0.3) is 0 Å². The lowest BCUT2D eigenvalue weighted by atomic mass is 10.1. The maximum absolute atomic E-state index is 11.1. The molecule has 0 saturated carbocycles. The molecule has 15 heavy (non-hydrogen) atoms. The summed E-state index contributed by atoms with van der Waals surface area (Å²) in [6.45, 7) is 0.920. The standard InChI is InChI=1S/C11H14N2OS/c14-11-7-8-6-9(12-4-1-5-15)2-3-10(8)13-11/h2-3,6,12,15H,1,4-5,7H2,(H,13,14). The summed E-state index contributed by atoms with van der Waals surface area (Å²) in [6, 6.07) is 5.97. The molecule has 0 saturated heterocycles. The smallest absolute Gasteiger partial charge is 0.228 e. The van der Waals surface area contributed by atoms with Gasteiger partial charge in [0.1, 0.15) is 0 Å². The molecule has 3 nitrogen and oxygen atoms in total. The molecule has 0 aliphatic carbocycles. The zero-order chi connectivity index (χ0) is 10.7. The van der Waals surface area contributed by atoms with Crippen molar-refractivity contribution in [3.8, 4) is 0 Å². The summed E-state index contributed by atoms with van der Waals surface area (Å²) in [5, 5.41) is 6.12. The molecule has 1 aromatic carbocycles. The van der Waals surface area contributed by atoms with E-state index < -0.39 is 0 Å². The minimum Gasteiger partial charge on any atom is -0.385 e. The van der Waals surface area contributed by atoms with Crippen LogP contribution in [0.15, 0.2) is 18.2 Å². The third-order valence-electron chi connectivity index (χ3n) is 2.39. The predicted octanol–water partition coefficient (Wildman–Crippen LogP) is 1.91. The van der Waals surface area contributed by atoms with Crippen molar-refractivity contribution in [1.29, 1.82) is 0 Å². The summed E-state index contributed by atoms with van der Waals surface area (Å²) in [7, 11) is 0. The number of nitrogens with one attached hydrogen (secondary N) is 2. The third-order valence-corrected chi connectivity index (χ3v) is 2.71. The molecule has 4 heteroatoms. The monoisotopic (exact) mass is 222 g/mol. The summed E-state index contributed by atoms with van der Waals surface area (Å²) in [6.07, 6.45) is 1.54. The van der Waals surface area contributed by atoms with E-state index in [1.165, 1.54) is 0 Å². The minimum atomic E-state index is 0.0810. The van der Waals surface area contributed by atoms with E-state index in [0.717, 1.165) is 35.7 Å². The van der Waals surface area contributed by atoms with Gasteiger partial charge in [-0.3, -0.25) is 4.79 Å². The Morgan fingerprint density at radius 1 is 1.47 bits per heavy atom. The number of carbonyl (C=O) groups is 1. The molecule has 0 radical (unpaired) electrons. The number of anilines is 2. The van der Waals surface area contributed by atoms with E-state index in [2.05, 4.69) is 23.3 Å². The van der Waals surface area contributed by atoms with Crippen LogP contribution < -0.4 is 10.6 Å². The van der Waals surface area contributed by atoms with Crippen molar-refractivity contribution >= 4 is 29.9 Å². The average molecular weight is 222 g/mol. The molecule has 2 rings (SSSR count). The highest BCUT2D eigenvalue weighted by Crippen LogP contribution is 2.25. The maximum Gasteiger partial charge on any atom is 0.228 e. The Kier molecular flexibility index (Phi) is 3.16. The van der Waals surface area contributed by atoms with E-state index in [0.29, 0.717) is 6.42 Å². The Bertz CT molecular complexity index is 379. The van der Waals surface area contributed by atoms with E-state index in [1.807, 2.05) is 18.2 Å². The fourth-order valence-electron chi connectivity index (χ4n) is 1.65. The molecule has 0 fully saturated rings. The second kappa shape index (κ2) is 4.57. The molecule has 1 aliphatic heterocycles. The molecular weight excluding hydrogens is 208 g/mol. The van der Waals surface area contributed by atoms with E-state index in [-0.39, 0.29) is 5.91 Å². The van der Waals surface area contributed by atoms with Crippen LogP contribution in [0.1, 0.15) is 12.0 Å². The largest absolute Gasteiger partial charge is 0.385 e. The van der Waals surface area contributed by atoms with Gasteiger partial charge in [0.25, 0.3) is 0 Å². The van der Waals surface area contributed by atoms with Crippen LogP contribution in [-0.4, -0.2) is 18.2 Å². The maximum atomic E-state index is 11.1. The van der Waals surface area contributed by atoms with Crippen molar-refractivity contribution in [3.05, 3.63) is 23.8 Å². The second-order valence-corrected chi connectivity index (χ2v) is 4.05. The van der Waals surface area contributed by atoms with Gasteiger partial charge >= 0.3 is 0 Å². The lowest BCUT2D eigenvalue weighted by Crippen LogP contribution is -2.03. The highest BCUT2D eigenvalue weighted by atomic mass is 32.1. The average Bonchev–Trinajstić information content (AvgIpc) is 2.57. The van der Waals surface area contributed by atoms with Gasteiger partial charge in [-0.2, -0.15) is 12.6 Å². The van der Waals surface area contributed by atoms with Crippen molar-refractivity contribution in [2.75, 3.05) is 22.9 Å². The minimum absolute atomic E-state index is 0.0810. The van der Waals surface area contributed by atoms with Gasteiger partial charge in [0.15, 0.2) is 0 Å². The van der Waals surface area contributed by atoms with Crippen molar-refractivity contribution in [1.82, 2.24) is 0 Å². The molecule has 2 N–H and O–H groups in total. The van der Waals surface area contributed by atoms with Gasteiger partial charge in [0, 0.05) is 17.9 Å². The fraction of sp³-hybridized carbons (Fsp3) is 0.364. The lowest BCUT2D eigenvalue weighted by Gasteiger charge is -2.06. The van der Waals surface area contributed by atoms with Gasteiger partial charge in [-0.25, -0.2) is 0 Å².